The van der Waals surface area contributed by atoms with Gasteiger partial charge in [-0.2, -0.15) is 0 Å². The molecule has 0 fully saturated rings. The van der Waals surface area contributed by atoms with E-state index in [4.69, 9.17) is 0 Å². The van der Waals surface area contributed by atoms with Crippen LogP contribution in [0.1, 0.15) is 168 Å². The molecular formula is C27H56O. The third kappa shape index (κ3) is 24.0. The van der Waals surface area contributed by atoms with Crippen LogP contribution in [-0.4, -0.2) is 11.2 Å². The van der Waals surface area contributed by atoms with E-state index < -0.39 is 0 Å². The molecule has 170 valence electrons. The topological polar surface area (TPSA) is 20.2 Å². The van der Waals surface area contributed by atoms with E-state index in [-0.39, 0.29) is 6.10 Å². The monoisotopic (exact) mass is 396 g/mol. The van der Waals surface area contributed by atoms with Crippen molar-refractivity contribution >= 4 is 0 Å². The predicted molar refractivity (Wildman–Crippen MR) is 128 cm³/mol. The summed E-state index contributed by atoms with van der Waals surface area (Å²) in [7, 11) is 0. The number of aliphatic hydroxyl groups is 1. The lowest BCUT2D eigenvalue weighted by atomic mass is 10.0. The summed E-state index contributed by atoms with van der Waals surface area (Å²) < 4.78 is 0. The molecule has 0 aliphatic rings. The Morgan fingerprint density at radius 1 is 0.357 bits per heavy atom. The average molecular weight is 397 g/mol. The highest BCUT2D eigenvalue weighted by atomic mass is 16.3. The normalized spacial score (nSPS) is 12.5. The average Bonchev–Trinajstić information content (AvgIpc) is 2.70. The van der Waals surface area contributed by atoms with Crippen LogP contribution in [0.5, 0.6) is 0 Å². The number of unbranched alkanes of at least 4 members (excludes halogenated alkanes) is 20. The van der Waals surface area contributed by atoms with Crippen LogP contribution in [0.2, 0.25) is 0 Å². The molecule has 1 nitrogen and oxygen atoms in total. The van der Waals surface area contributed by atoms with Crippen molar-refractivity contribution in [3.63, 3.8) is 0 Å². The van der Waals surface area contributed by atoms with Crippen molar-refractivity contribution in [2.45, 2.75) is 174 Å². The number of rotatable bonds is 24. The van der Waals surface area contributed by atoms with Crippen molar-refractivity contribution in [3.05, 3.63) is 0 Å². The molecule has 28 heavy (non-hydrogen) atoms. The number of hydrogen-bond donors (Lipinski definition) is 1. The Kier molecular flexibility index (Phi) is 25.0. The van der Waals surface area contributed by atoms with Gasteiger partial charge in [-0.1, -0.05) is 155 Å². The zero-order chi connectivity index (χ0) is 20.5. The Labute approximate surface area is 179 Å². The maximum Gasteiger partial charge on any atom is 0.0540 e. The fraction of sp³-hybridized carbons (Fsp3) is 1.00. The smallest absolute Gasteiger partial charge is 0.0540 e. The van der Waals surface area contributed by atoms with Gasteiger partial charge in [0, 0.05) is 0 Å². The molecule has 0 aromatic heterocycles. The van der Waals surface area contributed by atoms with Gasteiger partial charge in [0.25, 0.3) is 0 Å². The van der Waals surface area contributed by atoms with Gasteiger partial charge in [-0.15, -0.1) is 0 Å². The second-order valence-electron chi connectivity index (χ2n) is 9.30. The number of aliphatic hydroxyl groups excluding tert-OH is 1. The van der Waals surface area contributed by atoms with E-state index in [1.165, 1.54) is 141 Å². The van der Waals surface area contributed by atoms with Crippen molar-refractivity contribution < 1.29 is 5.11 Å². The van der Waals surface area contributed by atoms with Crippen LogP contribution >= 0.6 is 0 Å². The summed E-state index contributed by atoms with van der Waals surface area (Å²) in [5.41, 5.74) is 0. The van der Waals surface area contributed by atoms with Gasteiger partial charge in [-0.25, -0.2) is 0 Å². The van der Waals surface area contributed by atoms with E-state index in [0.29, 0.717) is 0 Å². The van der Waals surface area contributed by atoms with Gasteiger partial charge in [0.1, 0.15) is 0 Å². The lowest BCUT2D eigenvalue weighted by Gasteiger charge is -2.10. The van der Waals surface area contributed by atoms with Crippen molar-refractivity contribution in [1.29, 1.82) is 0 Å². The summed E-state index contributed by atoms with van der Waals surface area (Å²) in [6.45, 7) is 4.57. The van der Waals surface area contributed by atoms with E-state index in [0.717, 1.165) is 12.8 Å². The molecule has 1 atom stereocenters. The van der Waals surface area contributed by atoms with Gasteiger partial charge in [0.2, 0.25) is 0 Å². The van der Waals surface area contributed by atoms with E-state index in [9.17, 15) is 5.11 Å². The largest absolute Gasteiger partial charge is 0.393 e. The molecule has 1 N–H and O–H groups in total. The molecular weight excluding hydrogens is 340 g/mol. The summed E-state index contributed by atoms with van der Waals surface area (Å²) in [6.07, 6.45) is 32.7. The van der Waals surface area contributed by atoms with E-state index >= 15 is 0 Å². The lowest BCUT2D eigenvalue weighted by Crippen LogP contribution is -2.05. The molecule has 0 bridgehead atoms. The van der Waals surface area contributed by atoms with E-state index in [2.05, 4.69) is 13.8 Å². The SMILES string of the molecule is CCCCCCCCCCCCCCCCCC(O)CCCCCCCCC. The van der Waals surface area contributed by atoms with Gasteiger partial charge in [0.15, 0.2) is 0 Å². The van der Waals surface area contributed by atoms with Gasteiger partial charge < -0.3 is 5.11 Å². The molecule has 0 saturated carbocycles. The molecule has 0 radical (unpaired) electrons. The van der Waals surface area contributed by atoms with Crippen LogP contribution in [0.15, 0.2) is 0 Å². The highest BCUT2D eigenvalue weighted by Gasteiger charge is 2.03. The van der Waals surface area contributed by atoms with Crippen molar-refractivity contribution in [2.75, 3.05) is 0 Å². The van der Waals surface area contributed by atoms with Crippen LogP contribution in [0.4, 0.5) is 0 Å². The first kappa shape index (κ1) is 28.0. The Bertz CT molecular complexity index is 263. The maximum absolute atomic E-state index is 10.1. The molecule has 0 amide bonds. The molecule has 0 heterocycles. The molecule has 1 unspecified atom stereocenters. The highest BCUT2D eigenvalue weighted by Crippen LogP contribution is 2.16. The first-order valence-corrected chi connectivity index (χ1v) is 13.5. The third-order valence-electron chi connectivity index (χ3n) is 6.28. The van der Waals surface area contributed by atoms with Gasteiger partial charge in [0.05, 0.1) is 6.10 Å². The standard InChI is InChI=1S/C27H56O/c1-3-5-7-9-11-12-13-14-15-16-17-18-20-22-24-26-27(28)25-23-21-19-10-8-6-4-2/h27-28H,3-26H2,1-2H3. The third-order valence-corrected chi connectivity index (χ3v) is 6.28. The molecule has 0 spiro atoms. The highest BCUT2D eigenvalue weighted by molar-refractivity contribution is 4.58. The fourth-order valence-electron chi connectivity index (χ4n) is 4.23. The summed E-state index contributed by atoms with van der Waals surface area (Å²) in [6, 6.07) is 0. The minimum absolute atomic E-state index is 0.0300. The quantitative estimate of drug-likeness (QED) is 0.161. The fourth-order valence-corrected chi connectivity index (χ4v) is 4.23. The lowest BCUT2D eigenvalue weighted by molar-refractivity contribution is 0.147. The zero-order valence-corrected chi connectivity index (χ0v) is 20.0. The van der Waals surface area contributed by atoms with E-state index in [1.54, 1.807) is 0 Å². The predicted octanol–water partition coefficient (Wildman–Crippen LogP) is 9.75. The molecule has 0 saturated heterocycles. The molecule has 0 rings (SSSR count). The summed E-state index contributed by atoms with van der Waals surface area (Å²) in [5.74, 6) is 0. The maximum atomic E-state index is 10.1. The second kappa shape index (κ2) is 25.0. The molecule has 0 aromatic rings. The number of hydrogen-bond acceptors (Lipinski definition) is 1. The minimum atomic E-state index is -0.0300. The van der Waals surface area contributed by atoms with Crippen LogP contribution in [-0.2, 0) is 0 Å². The summed E-state index contributed by atoms with van der Waals surface area (Å²) in [5, 5.41) is 10.1. The Morgan fingerprint density at radius 3 is 0.821 bits per heavy atom. The van der Waals surface area contributed by atoms with Gasteiger partial charge >= 0.3 is 0 Å². The minimum Gasteiger partial charge on any atom is -0.393 e. The molecule has 0 aliphatic carbocycles. The molecule has 0 aliphatic heterocycles. The first-order valence-electron chi connectivity index (χ1n) is 13.5. The van der Waals surface area contributed by atoms with Crippen LogP contribution in [0.25, 0.3) is 0 Å². The van der Waals surface area contributed by atoms with Gasteiger partial charge in [-0.3, -0.25) is 0 Å². The second-order valence-corrected chi connectivity index (χ2v) is 9.30. The van der Waals surface area contributed by atoms with Crippen LogP contribution < -0.4 is 0 Å². The first-order chi connectivity index (χ1) is 13.8. The van der Waals surface area contributed by atoms with Crippen molar-refractivity contribution in [3.8, 4) is 0 Å². The van der Waals surface area contributed by atoms with E-state index in [1.807, 2.05) is 0 Å². The Hall–Kier alpha value is -0.0400. The Morgan fingerprint density at radius 2 is 0.571 bits per heavy atom. The Balaban J connectivity index is 3.10. The summed E-state index contributed by atoms with van der Waals surface area (Å²) in [4.78, 5) is 0. The summed E-state index contributed by atoms with van der Waals surface area (Å²) >= 11 is 0. The molecule has 1 heteroatoms. The van der Waals surface area contributed by atoms with Gasteiger partial charge in [-0.05, 0) is 12.8 Å². The van der Waals surface area contributed by atoms with Crippen LogP contribution in [0.3, 0.4) is 0 Å². The van der Waals surface area contributed by atoms with Crippen LogP contribution in [0, 0.1) is 0 Å². The van der Waals surface area contributed by atoms with Crippen molar-refractivity contribution in [2.24, 2.45) is 0 Å². The zero-order valence-electron chi connectivity index (χ0n) is 20.0. The molecule has 0 aromatic carbocycles. The van der Waals surface area contributed by atoms with Crippen molar-refractivity contribution in [1.82, 2.24) is 0 Å².